The van der Waals surface area contributed by atoms with Gasteiger partial charge >= 0.3 is 0 Å². The average molecular weight is 583 g/mol. The minimum Gasteiger partial charge on any atom is -0.362 e. The van der Waals surface area contributed by atoms with E-state index in [4.69, 9.17) is 11.6 Å². The second kappa shape index (κ2) is 13.1. The van der Waals surface area contributed by atoms with E-state index in [1.54, 1.807) is 35.2 Å². The van der Waals surface area contributed by atoms with E-state index >= 15 is 0 Å². The van der Waals surface area contributed by atoms with Crippen molar-refractivity contribution in [2.24, 2.45) is 0 Å². The van der Waals surface area contributed by atoms with Gasteiger partial charge in [0.25, 0.3) is 5.69 Å². The van der Waals surface area contributed by atoms with Gasteiger partial charge in [-0.25, -0.2) is 0 Å². The van der Waals surface area contributed by atoms with Crippen LogP contribution in [-0.2, 0) is 22.4 Å². The minimum absolute atomic E-state index is 0. The largest absolute Gasteiger partial charge is 0.362 e. The number of benzene rings is 3. The molecule has 9 nitrogen and oxygen atoms in total. The molecule has 3 aromatic rings. The maximum atomic E-state index is 13.8. The minimum atomic E-state index is -0.785. The molecule has 2 N–H and O–H groups in total. The number of piperazine rings is 1. The van der Waals surface area contributed by atoms with Gasteiger partial charge in [0.05, 0.1) is 4.92 Å². The van der Waals surface area contributed by atoms with Crippen molar-refractivity contribution in [3.63, 3.8) is 0 Å². The number of anilines is 1. The van der Waals surface area contributed by atoms with Crippen LogP contribution in [0.25, 0.3) is 0 Å². The maximum absolute atomic E-state index is 13.8. The van der Waals surface area contributed by atoms with Gasteiger partial charge in [-0.3, -0.25) is 25.0 Å². The Kier molecular flexibility index (Phi) is 9.63. The highest BCUT2D eigenvalue weighted by Crippen LogP contribution is 2.29. The quantitative estimate of drug-likeness (QED) is 0.321. The summed E-state index contributed by atoms with van der Waals surface area (Å²) in [5.41, 5.74) is 3.43. The summed E-state index contributed by atoms with van der Waals surface area (Å²) in [4.78, 5) is 42.0. The van der Waals surface area contributed by atoms with Crippen LogP contribution in [0.2, 0.25) is 5.02 Å². The summed E-state index contributed by atoms with van der Waals surface area (Å²) in [7, 11) is 0. The first kappa shape index (κ1) is 29.3. The van der Waals surface area contributed by atoms with Crippen molar-refractivity contribution in [3.8, 4) is 0 Å². The fourth-order valence-electron chi connectivity index (χ4n) is 5.18. The zero-order valence-corrected chi connectivity index (χ0v) is 23.2. The summed E-state index contributed by atoms with van der Waals surface area (Å²) in [5.74, 6) is -0.460. The van der Waals surface area contributed by atoms with Crippen molar-refractivity contribution < 1.29 is 14.5 Å². The Balaban J connectivity index is 0.00000370. The van der Waals surface area contributed by atoms with Gasteiger partial charge in [-0.05, 0) is 41.3 Å². The zero-order valence-electron chi connectivity index (χ0n) is 21.7. The monoisotopic (exact) mass is 582 g/mol. The molecule has 1 fully saturated rings. The van der Waals surface area contributed by atoms with Crippen molar-refractivity contribution in [1.29, 1.82) is 0 Å². The zero-order chi connectivity index (χ0) is 27.4. The molecular formula is C29H30Cl2N5O4. The molecule has 0 saturated carbocycles. The number of nitro groups is 1. The van der Waals surface area contributed by atoms with E-state index < -0.39 is 12.1 Å². The molecule has 2 atom stereocenters. The lowest BCUT2D eigenvalue weighted by Crippen LogP contribution is -2.56. The van der Waals surface area contributed by atoms with Crippen molar-refractivity contribution >= 4 is 47.2 Å². The summed E-state index contributed by atoms with van der Waals surface area (Å²) >= 11 is 6.06. The van der Waals surface area contributed by atoms with E-state index in [1.165, 1.54) is 6.07 Å². The van der Waals surface area contributed by atoms with E-state index in [9.17, 15) is 19.7 Å². The van der Waals surface area contributed by atoms with Crippen molar-refractivity contribution in [2.75, 3.05) is 31.1 Å². The van der Waals surface area contributed by atoms with E-state index in [-0.39, 0.29) is 34.8 Å². The molecule has 2 amide bonds. The highest BCUT2D eigenvalue weighted by atomic mass is 35.5. The predicted octanol–water partition coefficient (Wildman–Crippen LogP) is 4.09. The van der Waals surface area contributed by atoms with E-state index in [1.807, 2.05) is 47.8 Å². The molecule has 2 heterocycles. The molecule has 11 heteroatoms. The van der Waals surface area contributed by atoms with Crippen molar-refractivity contribution in [3.05, 3.63) is 111 Å². The van der Waals surface area contributed by atoms with Crippen LogP contribution in [-0.4, -0.2) is 53.9 Å². The number of para-hydroxylation sites is 2. The molecular weight excluding hydrogens is 553 g/mol. The molecule has 2 aliphatic heterocycles. The summed E-state index contributed by atoms with van der Waals surface area (Å²) < 4.78 is 0. The molecule has 2 aliphatic rings. The Morgan fingerprint density at radius 3 is 2.40 bits per heavy atom. The molecule has 3 aromatic carbocycles. The number of hydrogen-bond acceptors (Lipinski definition) is 6. The smallest absolute Gasteiger partial charge is 0.292 e. The number of hydrogen-bond donors (Lipinski definition) is 2. The molecule has 0 bridgehead atoms. The maximum Gasteiger partial charge on any atom is 0.292 e. The number of carbonyl (C=O) groups excluding carboxylic acids is 2. The normalized spacial score (nSPS) is 17.3. The fraction of sp³-hybridized carbons (Fsp3) is 0.276. The summed E-state index contributed by atoms with van der Waals surface area (Å²) in [6.07, 6.45) is 1.03. The van der Waals surface area contributed by atoms with Gasteiger partial charge in [0.1, 0.15) is 17.8 Å². The summed E-state index contributed by atoms with van der Waals surface area (Å²) in [6, 6.07) is 20.3. The predicted molar refractivity (Wildman–Crippen MR) is 157 cm³/mol. The third-order valence-corrected chi connectivity index (χ3v) is 7.46. The van der Waals surface area contributed by atoms with Crippen LogP contribution < -0.4 is 15.5 Å². The lowest BCUT2D eigenvalue weighted by molar-refractivity contribution is -0.384. The standard InChI is InChI=1S/C29H29ClN5O4.ClH/c30-22-11-9-20(10-12-22)19-24(32-28(36)27-23-6-2-1-5-21(23)13-14-31-27)29(37)34-17-15-33(16-18-34)25-7-3-4-8-26(25)35(38)39;/h1-12,14,24,27,31H,13,15-19H2,(H,32,36);1H/t24-,27?;/m1./s1. The van der Waals surface area contributed by atoms with E-state index in [0.29, 0.717) is 43.3 Å². The Labute approximate surface area is 244 Å². The Morgan fingerprint density at radius 1 is 1.00 bits per heavy atom. The lowest BCUT2D eigenvalue weighted by atomic mass is 9.93. The van der Waals surface area contributed by atoms with Gasteiger partial charge in [0.2, 0.25) is 11.8 Å². The molecule has 209 valence electrons. The number of carbonyl (C=O) groups is 2. The number of halogens is 2. The number of nitrogens with one attached hydrogen (secondary N) is 2. The van der Waals surface area contributed by atoms with E-state index in [0.717, 1.165) is 23.1 Å². The number of rotatable bonds is 7. The first-order valence-electron chi connectivity index (χ1n) is 12.9. The average Bonchev–Trinajstić information content (AvgIpc) is 2.97. The highest BCUT2D eigenvalue weighted by Gasteiger charge is 2.33. The molecule has 5 rings (SSSR count). The molecule has 40 heavy (non-hydrogen) atoms. The highest BCUT2D eigenvalue weighted by molar-refractivity contribution is 6.30. The van der Waals surface area contributed by atoms with Crippen LogP contribution in [0, 0.1) is 16.7 Å². The molecule has 0 spiro atoms. The number of nitro benzene ring substituents is 1. The van der Waals surface area contributed by atoms with Crippen LogP contribution >= 0.6 is 24.0 Å². The Bertz CT molecular complexity index is 1360. The van der Waals surface area contributed by atoms with Crippen LogP contribution in [0.15, 0.2) is 72.8 Å². The van der Waals surface area contributed by atoms with Crippen LogP contribution in [0.5, 0.6) is 0 Å². The lowest BCUT2D eigenvalue weighted by Gasteiger charge is -2.37. The van der Waals surface area contributed by atoms with Gasteiger partial charge in [-0.15, -0.1) is 12.4 Å². The van der Waals surface area contributed by atoms with Gasteiger partial charge in [-0.2, -0.15) is 0 Å². The van der Waals surface area contributed by atoms with Crippen LogP contribution in [0.3, 0.4) is 0 Å². The van der Waals surface area contributed by atoms with Gasteiger partial charge in [0, 0.05) is 50.2 Å². The first-order chi connectivity index (χ1) is 18.9. The second-order valence-electron chi connectivity index (χ2n) is 9.66. The Morgan fingerprint density at radius 2 is 1.68 bits per heavy atom. The van der Waals surface area contributed by atoms with Crippen LogP contribution in [0.1, 0.15) is 22.7 Å². The molecule has 0 aliphatic carbocycles. The van der Waals surface area contributed by atoms with Gasteiger partial charge < -0.3 is 15.1 Å². The summed E-state index contributed by atoms with van der Waals surface area (Å²) in [5, 5.41) is 18.3. The van der Waals surface area contributed by atoms with E-state index in [2.05, 4.69) is 10.6 Å². The molecule has 0 aromatic heterocycles. The third kappa shape index (κ3) is 6.55. The van der Waals surface area contributed by atoms with Crippen LogP contribution in [0.4, 0.5) is 11.4 Å². The second-order valence-corrected chi connectivity index (χ2v) is 10.1. The number of amides is 2. The van der Waals surface area contributed by atoms with Crippen molar-refractivity contribution in [2.45, 2.75) is 24.9 Å². The number of fused-ring (bicyclic) bond motifs is 1. The first-order valence-corrected chi connectivity index (χ1v) is 13.3. The van der Waals surface area contributed by atoms with Crippen molar-refractivity contribution in [1.82, 2.24) is 15.5 Å². The fourth-order valence-corrected chi connectivity index (χ4v) is 5.31. The third-order valence-electron chi connectivity index (χ3n) is 7.21. The topological polar surface area (TPSA) is 108 Å². The van der Waals surface area contributed by atoms with Gasteiger partial charge in [0.15, 0.2) is 0 Å². The number of nitrogens with zero attached hydrogens (tertiary/aromatic N) is 3. The SMILES string of the molecule is Cl.O=C(N[C@H](Cc1ccc(Cl)cc1)C(=O)N1CCN(c2ccccc2[N+](=O)[O-])CC1)C1N[CH]Cc2ccccc21. The Hall–Kier alpha value is -3.66. The molecule has 1 saturated heterocycles. The summed E-state index contributed by atoms with van der Waals surface area (Å²) in [6.45, 7) is 3.53. The molecule has 1 unspecified atom stereocenters. The van der Waals surface area contributed by atoms with Gasteiger partial charge in [-0.1, -0.05) is 60.1 Å². The molecule has 1 radical (unpaired) electrons.